The van der Waals surface area contributed by atoms with Gasteiger partial charge in [0.25, 0.3) is 0 Å². The molecule has 0 amide bonds. The number of aromatic nitrogens is 1. The summed E-state index contributed by atoms with van der Waals surface area (Å²) in [4.78, 5) is 4.08. The van der Waals surface area contributed by atoms with Crippen LogP contribution in [0.15, 0.2) is 54.9 Å². The minimum Gasteiger partial charge on any atom is -0.385 e. The minimum atomic E-state index is 0.209. The Kier molecular flexibility index (Phi) is 5.53. The van der Waals surface area contributed by atoms with Crippen molar-refractivity contribution < 1.29 is 4.74 Å². The van der Waals surface area contributed by atoms with E-state index in [0.29, 0.717) is 0 Å². The summed E-state index contributed by atoms with van der Waals surface area (Å²) in [5.41, 5.74) is 2.50. The maximum atomic E-state index is 5.09. The number of rotatable bonds is 7. The molecule has 100 valence electrons. The molecular weight excluding hydrogens is 236 g/mol. The molecule has 1 atom stereocenters. The second kappa shape index (κ2) is 7.67. The predicted octanol–water partition coefficient (Wildman–Crippen LogP) is 2.80. The van der Waals surface area contributed by atoms with Crippen molar-refractivity contribution in [3.8, 4) is 0 Å². The van der Waals surface area contributed by atoms with Crippen LogP contribution in [0.5, 0.6) is 0 Å². The van der Waals surface area contributed by atoms with Crippen LogP contribution >= 0.6 is 0 Å². The molecule has 0 radical (unpaired) electrons. The van der Waals surface area contributed by atoms with Gasteiger partial charge in [-0.15, -0.1) is 0 Å². The highest BCUT2D eigenvalue weighted by molar-refractivity contribution is 5.30. The zero-order chi connectivity index (χ0) is 13.3. The number of hydrogen-bond donors (Lipinski definition) is 1. The summed E-state index contributed by atoms with van der Waals surface area (Å²) >= 11 is 0. The zero-order valence-corrected chi connectivity index (χ0v) is 11.3. The molecule has 0 aliphatic carbocycles. The van der Waals surface area contributed by atoms with Crippen molar-refractivity contribution in [3.63, 3.8) is 0 Å². The Morgan fingerprint density at radius 2 is 1.74 bits per heavy atom. The molecule has 1 heterocycles. The number of ether oxygens (including phenoxy) is 1. The number of benzene rings is 1. The SMILES string of the molecule is COCCCN[C@H](c1ccccc1)c1ccncc1. The monoisotopic (exact) mass is 256 g/mol. The normalized spacial score (nSPS) is 12.3. The molecule has 3 nitrogen and oxygen atoms in total. The first-order chi connectivity index (χ1) is 9.42. The summed E-state index contributed by atoms with van der Waals surface area (Å²) in [5.74, 6) is 0. The molecule has 19 heavy (non-hydrogen) atoms. The van der Waals surface area contributed by atoms with E-state index in [1.165, 1.54) is 11.1 Å². The second-order valence-electron chi connectivity index (χ2n) is 4.42. The Bertz CT molecular complexity index is 419. The molecule has 0 bridgehead atoms. The van der Waals surface area contributed by atoms with Crippen LogP contribution in [0.4, 0.5) is 0 Å². The van der Waals surface area contributed by atoms with E-state index in [2.05, 4.69) is 46.7 Å². The van der Waals surface area contributed by atoms with Crippen LogP contribution in [0, 0.1) is 0 Å². The molecule has 0 aliphatic rings. The van der Waals surface area contributed by atoms with Gasteiger partial charge in [-0.05, 0) is 36.2 Å². The first kappa shape index (κ1) is 13.7. The van der Waals surface area contributed by atoms with Gasteiger partial charge in [-0.1, -0.05) is 30.3 Å². The van der Waals surface area contributed by atoms with E-state index in [-0.39, 0.29) is 6.04 Å². The summed E-state index contributed by atoms with van der Waals surface area (Å²) in [5, 5.41) is 3.58. The zero-order valence-electron chi connectivity index (χ0n) is 11.3. The largest absolute Gasteiger partial charge is 0.385 e. The van der Waals surface area contributed by atoms with E-state index in [9.17, 15) is 0 Å². The van der Waals surface area contributed by atoms with Crippen molar-refractivity contribution in [1.82, 2.24) is 10.3 Å². The number of hydrogen-bond acceptors (Lipinski definition) is 3. The van der Waals surface area contributed by atoms with Crippen LogP contribution in [-0.4, -0.2) is 25.2 Å². The molecule has 0 aliphatic heterocycles. The molecule has 3 heteroatoms. The Hall–Kier alpha value is -1.71. The van der Waals surface area contributed by atoms with E-state index in [0.717, 1.165) is 19.6 Å². The molecule has 0 spiro atoms. The lowest BCUT2D eigenvalue weighted by Gasteiger charge is -2.19. The highest BCUT2D eigenvalue weighted by Crippen LogP contribution is 2.20. The van der Waals surface area contributed by atoms with E-state index < -0.39 is 0 Å². The molecule has 0 saturated heterocycles. The third-order valence-electron chi connectivity index (χ3n) is 3.05. The van der Waals surface area contributed by atoms with Crippen LogP contribution in [0.3, 0.4) is 0 Å². The average molecular weight is 256 g/mol. The minimum absolute atomic E-state index is 0.209. The molecule has 0 fully saturated rings. The van der Waals surface area contributed by atoms with Crippen LogP contribution in [-0.2, 0) is 4.74 Å². The standard InChI is InChI=1S/C16H20N2O/c1-19-13-5-10-18-16(14-6-3-2-4-7-14)15-8-11-17-12-9-15/h2-4,6-9,11-12,16,18H,5,10,13H2,1H3/t16-/m1/s1. The Morgan fingerprint density at radius 1 is 1.05 bits per heavy atom. The molecule has 2 aromatic rings. The van der Waals surface area contributed by atoms with Crippen molar-refractivity contribution in [3.05, 3.63) is 66.0 Å². The van der Waals surface area contributed by atoms with Crippen molar-refractivity contribution >= 4 is 0 Å². The van der Waals surface area contributed by atoms with Gasteiger partial charge in [0.15, 0.2) is 0 Å². The van der Waals surface area contributed by atoms with Gasteiger partial charge in [0.05, 0.1) is 6.04 Å². The fourth-order valence-electron chi connectivity index (χ4n) is 2.09. The quantitative estimate of drug-likeness (QED) is 0.773. The van der Waals surface area contributed by atoms with E-state index in [1.807, 2.05) is 18.5 Å². The molecule has 0 saturated carbocycles. The second-order valence-corrected chi connectivity index (χ2v) is 4.42. The van der Waals surface area contributed by atoms with Gasteiger partial charge < -0.3 is 10.1 Å². The van der Waals surface area contributed by atoms with Crippen molar-refractivity contribution in [2.45, 2.75) is 12.5 Å². The Morgan fingerprint density at radius 3 is 2.42 bits per heavy atom. The van der Waals surface area contributed by atoms with Crippen LogP contribution in [0.25, 0.3) is 0 Å². The maximum Gasteiger partial charge on any atom is 0.0577 e. The van der Waals surface area contributed by atoms with Crippen LogP contribution in [0.2, 0.25) is 0 Å². The third-order valence-corrected chi connectivity index (χ3v) is 3.05. The summed E-state index contributed by atoms with van der Waals surface area (Å²) < 4.78 is 5.09. The van der Waals surface area contributed by atoms with Crippen molar-refractivity contribution in [2.24, 2.45) is 0 Å². The average Bonchev–Trinajstić information content (AvgIpc) is 2.49. The van der Waals surface area contributed by atoms with Crippen molar-refractivity contribution in [2.75, 3.05) is 20.3 Å². The van der Waals surface area contributed by atoms with Crippen molar-refractivity contribution in [1.29, 1.82) is 0 Å². The number of nitrogens with one attached hydrogen (secondary N) is 1. The Balaban J connectivity index is 2.10. The number of nitrogens with zero attached hydrogens (tertiary/aromatic N) is 1. The fraction of sp³-hybridized carbons (Fsp3) is 0.312. The van der Waals surface area contributed by atoms with Gasteiger partial charge in [0.1, 0.15) is 0 Å². The van der Waals surface area contributed by atoms with E-state index >= 15 is 0 Å². The van der Waals surface area contributed by atoms with Gasteiger partial charge in [-0.25, -0.2) is 0 Å². The van der Waals surface area contributed by atoms with Gasteiger partial charge in [0, 0.05) is 26.1 Å². The van der Waals surface area contributed by atoms with E-state index in [4.69, 9.17) is 4.74 Å². The molecule has 1 aromatic carbocycles. The maximum absolute atomic E-state index is 5.09. The summed E-state index contributed by atoms with van der Waals surface area (Å²) in [6.07, 6.45) is 4.68. The van der Waals surface area contributed by atoms with Gasteiger partial charge in [0.2, 0.25) is 0 Å². The predicted molar refractivity (Wildman–Crippen MR) is 77.0 cm³/mol. The summed E-state index contributed by atoms with van der Waals surface area (Å²) in [7, 11) is 1.73. The topological polar surface area (TPSA) is 34.1 Å². The smallest absolute Gasteiger partial charge is 0.0577 e. The lowest BCUT2D eigenvalue weighted by atomic mass is 9.99. The first-order valence-corrected chi connectivity index (χ1v) is 6.59. The third kappa shape index (κ3) is 4.16. The highest BCUT2D eigenvalue weighted by Gasteiger charge is 2.12. The van der Waals surface area contributed by atoms with Crippen LogP contribution in [0.1, 0.15) is 23.6 Å². The highest BCUT2D eigenvalue weighted by atomic mass is 16.5. The first-order valence-electron chi connectivity index (χ1n) is 6.59. The number of pyridine rings is 1. The van der Waals surface area contributed by atoms with Crippen LogP contribution < -0.4 is 5.32 Å². The lowest BCUT2D eigenvalue weighted by Crippen LogP contribution is -2.24. The Labute approximate surface area is 114 Å². The molecule has 0 unspecified atom stereocenters. The van der Waals surface area contributed by atoms with Gasteiger partial charge in [-0.3, -0.25) is 4.98 Å². The fourth-order valence-corrected chi connectivity index (χ4v) is 2.09. The molecule has 1 aromatic heterocycles. The summed E-state index contributed by atoms with van der Waals surface area (Å²) in [6, 6.07) is 14.8. The summed E-state index contributed by atoms with van der Waals surface area (Å²) in [6.45, 7) is 1.71. The molecular formula is C16H20N2O. The molecule has 1 N–H and O–H groups in total. The number of methoxy groups -OCH3 is 1. The van der Waals surface area contributed by atoms with Gasteiger partial charge in [-0.2, -0.15) is 0 Å². The van der Waals surface area contributed by atoms with E-state index in [1.54, 1.807) is 7.11 Å². The molecule has 2 rings (SSSR count). The lowest BCUT2D eigenvalue weighted by molar-refractivity contribution is 0.193. The van der Waals surface area contributed by atoms with Gasteiger partial charge >= 0.3 is 0 Å².